The van der Waals surface area contributed by atoms with Crippen LogP contribution in [0.5, 0.6) is 0 Å². The number of carbonyl (C=O) groups is 1. The van der Waals surface area contributed by atoms with Gasteiger partial charge < -0.3 is 10.6 Å². The fourth-order valence-corrected chi connectivity index (χ4v) is 1.77. The lowest BCUT2D eigenvalue weighted by atomic mass is 10.2. The highest BCUT2D eigenvalue weighted by molar-refractivity contribution is 5.89. The van der Waals surface area contributed by atoms with Gasteiger partial charge in [0, 0.05) is 24.0 Å². The normalized spacial score (nSPS) is 11.5. The molecule has 7 nitrogen and oxygen atoms in total. The number of hydrogen-bond acceptors (Lipinski definition) is 4. The lowest BCUT2D eigenvalue weighted by Gasteiger charge is -2.14. The van der Waals surface area contributed by atoms with Crippen LogP contribution in [0.15, 0.2) is 48.7 Å². The third-order valence-electron chi connectivity index (χ3n) is 2.79. The van der Waals surface area contributed by atoms with E-state index >= 15 is 0 Å². The Morgan fingerprint density at radius 3 is 2.76 bits per heavy atom. The number of nitro benzene ring substituents is 1. The van der Waals surface area contributed by atoms with Crippen molar-refractivity contribution in [2.45, 2.75) is 13.0 Å². The molecular weight excluding hydrogens is 272 g/mol. The second kappa shape index (κ2) is 6.47. The van der Waals surface area contributed by atoms with Crippen molar-refractivity contribution in [1.29, 1.82) is 0 Å². The molecule has 2 rings (SSSR count). The van der Waals surface area contributed by atoms with Gasteiger partial charge in [0.15, 0.2) is 0 Å². The van der Waals surface area contributed by atoms with Crippen LogP contribution in [0.1, 0.15) is 18.7 Å². The Kier molecular flexibility index (Phi) is 4.45. The first-order chi connectivity index (χ1) is 10.1. The van der Waals surface area contributed by atoms with E-state index in [0.717, 1.165) is 5.69 Å². The molecule has 0 saturated carbocycles. The van der Waals surface area contributed by atoms with Gasteiger partial charge in [-0.25, -0.2) is 4.79 Å². The van der Waals surface area contributed by atoms with Gasteiger partial charge in [0.2, 0.25) is 0 Å². The highest BCUT2D eigenvalue weighted by atomic mass is 16.6. The van der Waals surface area contributed by atoms with E-state index in [-0.39, 0.29) is 11.7 Å². The summed E-state index contributed by atoms with van der Waals surface area (Å²) in [7, 11) is 0. The number of carbonyl (C=O) groups excluding carboxylic acids is 1. The van der Waals surface area contributed by atoms with Crippen LogP contribution in [0.4, 0.5) is 16.2 Å². The number of urea groups is 1. The van der Waals surface area contributed by atoms with Crippen molar-refractivity contribution < 1.29 is 9.72 Å². The molecule has 0 fully saturated rings. The lowest BCUT2D eigenvalue weighted by Crippen LogP contribution is -2.31. The Bertz CT molecular complexity index is 646. The minimum Gasteiger partial charge on any atom is -0.330 e. The third kappa shape index (κ3) is 4.00. The number of aromatic nitrogens is 1. The first-order valence-electron chi connectivity index (χ1n) is 6.29. The molecule has 2 amide bonds. The van der Waals surface area contributed by atoms with Crippen LogP contribution in [0.3, 0.4) is 0 Å². The van der Waals surface area contributed by atoms with Gasteiger partial charge in [-0.3, -0.25) is 15.1 Å². The summed E-state index contributed by atoms with van der Waals surface area (Å²) in [5.41, 5.74) is 1.01. The summed E-state index contributed by atoms with van der Waals surface area (Å²) < 4.78 is 0. The molecule has 0 spiro atoms. The van der Waals surface area contributed by atoms with E-state index in [4.69, 9.17) is 0 Å². The van der Waals surface area contributed by atoms with Crippen LogP contribution >= 0.6 is 0 Å². The van der Waals surface area contributed by atoms with Gasteiger partial charge in [0.25, 0.3) is 5.69 Å². The van der Waals surface area contributed by atoms with E-state index in [2.05, 4.69) is 15.6 Å². The molecular formula is C14H14N4O3. The second-order valence-corrected chi connectivity index (χ2v) is 4.38. The van der Waals surface area contributed by atoms with Crippen LogP contribution in [-0.4, -0.2) is 15.9 Å². The van der Waals surface area contributed by atoms with Gasteiger partial charge >= 0.3 is 6.03 Å². The number of non-ortho nitro benzene ring substituents is 1. The van der Waals surface area contributed by atoms with E-state index in [9.17, 15) is 14.9 Å². The van der Waals surface area contributed by atoms with Crippen molar-refractivity contribution in [3.05, 3.63) is 64.5 Å². The standard InChI is InChI=1S/C14H14N4O3/c1-10(13-7-2-3-8-15-13)16-14(19)17-11-5-4-6-12(9-11)18(20)21/h2-10H,1H3,(H2,16,17,19)/t10-/m1/s1. The second-order valence-electron chi connectivity index (χ2n) is 4.38. The average molecular weight is 286 g/mol. The first kappa shape index (κ1) is 14.4. The van der Waals surface area contributed by atoms with Crippen molar-refractivity contribution >= 4 is 17.4 Å². The lowest BCUT2D eigenvalue weighted by molar-refractivity contribution is -0.384. The molecule has 0 unspecified atom stereocenters. The highest BCUT2D eigenvalue weighted by Gasteiger charge is 2.11. The van der Waals surface area contributed by atoms with Crippen molar-refractivity contribution in [2.24, 2.45) is 0 Å². The number of rotatable bonds is 4. The number of pyridine rings is 1. The van der Waals surface area contributed by atoms with E-state index in [0.29, 0.717) is 5.69 Å². The maximum atomic E-state index is 11.9. The van der Waals surface area contributed by atoms with Gasteiger partial charge in [0.1, 0.15) is 0 Å². The molecule has 1 aromatic heterocycles. The van der Waals surface area contributed by atoms with Crippen molar-refractivity contribution in [1.82, 2.24) is 10.3 Å². The molecule has 2 N–H and O–H groups in total. The molecule has 0 aliphatic heterocycles. The average Bonchev–Trinajstić information content (AvgIpc) is 2.48. The third-order valence-corrected chi connectivity index (χ3v) is 2.79. The zero-order valence-electron chi connectivity index (χ0n) is 11.3. The summed E-state index contributed by atoms with van der Waals surface area (Å²) in [5, 5.41) is 15.9. The van der Waals surface area contributed by atoms with Crippen LogP contribution in [0.25, 0.3) is 0 Å². The largest absolute Gasteiger partial charge is 0.330 e. The number of nitro groups is 1. The molecule has 1 atom stereocenters. The quantitative estimate of drug-likeness (QED) is 0.667. The van der Waals surface area contributed by atoms with Crippen molar-refractivity contribution in [3.63, 3.8) is 0 Å². The molecule has 0 aliphatic carbocycles. The predicted octanol–water partition coefficient (Wildman–Crippen LogP) is 2.87. The fraction of sp³-hybridized carbons (Fsp3) is 0.143. The molecule has 1 heterocycles. The summed E-state index contributed by atoms with van der Waals surface area (Å²) in [4.78, 5) is 26.2. The first-order valence-corrected chi connectivity index (χ1v) is 6.29. The summed E-state index contributed by atoms with van der Waals surface area (Å²) in [5.74, 6) is 0. The Labute approximate surface area is 121 Å². The molecule has 1 aromatic carbocycles. The zero-order chi connectivity index (χ0) is 15.2. The molecule has 0 radical (unpaired) electrons. The van der Waals surface area contributed by atoms with Gasteiger partial charge in [-0.2, -0.15) is 0 Å². The van der Waals surface area contributed by atoms with E-state index in [1.807, 2.05) is 6.07 Å². The molecule has 21 heavy (non-hydrogen) atoms. The topological polar surface area (TPSA) is 97.2 Å². The Balaban J connectivity index is 1.99. The van der Waals surface area contributed by atoms with Crippen LogP contribution < -0.4 is 10.6 Å². The Morgan fingerprint density at radius 2 is 2.10 bits per heavy atom. The number of anilines is 1. The molecule has 7 heteroatoms. The maximum Gasteiger partial charge on any atom is 0.319 e. The molecule has 2 aromatic rings. The minimum atomic E-state index is -0.514. The van der Waals surface area contributed by atoms with E-state index in [1.165, 1.54) is 18.2 Å². The smallest absolute Gasteiger partial charge is 0.319 e. The van der Waals surface area contributed by atoms with Crippen LogP contribution in [0, 0.1) is 10.1 Å². The van der Waals surface area contributed by atoms with Gasteiger partial charge in [0.05, 0.1) is 16.7 Å². The van der Waals surface area contributed by atoms with Gasteiger partial charge in [-0.05, 0) is 25.1 Å². The Hall–Kier alpha value is -2.96. The highest BCUT2D eigenvalue weighted by Crippen LogP contribution is 2.17. The number of hydrogen-bond donors (Lipinski definition) is 2. The Morgan fingerprint density at radius 1 is 1.29 bits per heavy atom. The molecule has 0 bridgehead atoms. The zero-order valence-corrected chi connectivity index (χ0v) is 11.3. The van der Waals surface area contributed by atoms with E-state index in [1.54, 1.807) is 31.3 Å². The summed E-state index contributed by atoms with van der Waals surface area (Å²) in [6.45, 7) is 1.80. The van der Waals surface area contributed by atoms with E-state index < -0.39 is 11.0 Å². The molecule has 0 saturated heterocycles. The van der Waals surface area contributed by atoms with Crippen LogP contribution in [-0.2, 0) is 0 Å². The molecule has 108 valence electrons. The summed E-state index contributed by atoms with van der Waals surface area (Å²) in [6.07, 6.45) is 1.64. The minimum absolute atomic E-state index is 0.0782. The van der Waals surface area contributed by atoms with Gasteiger partial charge in [-0.15, -0.1) is 0 Å². The van der Waals surface area contributed by atoms with Gasteiger partial charge in [-0.1, -0.05) is 12.1 Å². The van der Waals surface area contributed by atoms with Crippen LogP contribution in [0.2, 0.25) is 0 Å². The predicted molar refractivity (Wildman–Crippen MR) is 77.9 cm³/mol. The SMILES string of the molecule is C[C@@H](NC(=O)Nc1cccc([N+](=O)[O-])c1)c1ccccn1. The molecule has 0 aliphatic rings. The maximum absolute atomic E-state index is 11.9. The fourth-order valence-electron chi connectivity index (χ4n) is 1.77. The number of nitrogens with zero attached hydrogens (tertiary/aromatic N) is 2. The summed E-state index contributed by atoms with van der Waals surface area (Å²) >= 11 is 0. The number of amides is 2. The number of benzene rings is 1. The monoisotopic (exact) mass is 286 g/mol. The van der Waals surface area contributed by atoms with Crippen molar-refractivity contribution in [3.8, 4) is 0 Å². The van der Waals surface area contributed by atoms with Crippen molar-refractivity contribution in [2.75, 3.05) is 5.32 Å². The summed E-state index contributed by atoms with van der Waals surface area (Å²) in [6, 6.07) is 10.5. The number of nitrogens with one attached hydrogen (secondary N) is 2.